The van der Waals surface area contributed by atoms with Crippen LogP contribution in [0.2, 0.25) is 0 Å². The van der Waals surface area contributed by atoms with Crippen LogP contribution in [0, 0.1) is 11.6 Å². The molecule has 7 nitrogen and oxygen atoms in total. The molecule has 1 amide bonds. The molecule has 0 radical (unpaired) electrons. The molecule has 0 atom stereocenters. The fraction of sp³-hybridized carbons (Fsp3) is 0.273. The van der Waals surface area contributed by atoms with Gasteiger partial charge in [0.1, 0.15) is 28.9 Å². The Morgan fingerprint density at radius 3 is 2.26 bits per heavy atom. The van der Waals surface area contributed by atoms with E-state index in [-0.39, 0.29) is 42.6 Å². The minimum Gasteiger partial charge on any atom is -0.497 e. The monoisotopic (exact) mass is 571 g/mol. The van der Waals surface area contributed by atoms with Crippen LogP contribution in [-0.4, -0.2) is 40.8 Å². The van der Waals surface area contributed by atoms with E-state index in [4.69, 9.17) is 9.47 Å². The molecule has 0 N–H and O–H groups in total. The highest BCUT2D eigenvalue weighted by Gasteiger charge is 2.34. The van der Waals surface area contributed by atoms with Crippen molar-refractivity contribution in [1.82, 2.24) is 14.9 Å². The van der Waals surface area contributed by atoms with Crippen molar-refractivity contribution in [3.05, 3.63) is 106 Å². The lowest BCUT2D eigenvalue weighted by Gasteiger charge is -2.22. The van der Waals surface area contributed by atoms with Crippen LogP contribution >= 0.6 is 0 Å². The Morgan fingerprint density at radius 2 is 1.64 bits per heavy atom. The topological polar surface area (TPSA) is 81.6 Å². The molecule has 1 aromatic heterocycles. The van der Waals surface area contributed by atoms with Gasteiger partial charge in [-0.3, -0.25) is 9.59 Å². The normalized spacial score (nSPS) is 12.8. The van der Waals surface area contributed by atoms with E-state index in [1.165, 1.54) is 6.07 Å². The van der Waals surface area contributed by atoms with Gasteiger partial charge in [-0.25, -0.2) is 18.7 Å². The maximum Gasteiger partial charge on any atom is 0.258 e. The smallest absolute Gasteiger partial charge is 0.258 e. The number of hydrogen-bond donors (Lipinski definition) is 0. The lowest BCUT2D eigenvalue weighted by Crippen LogP contribution is -2.26. The molecule has 9 heteroatoms. The number of hydrogen-bond acceptors (Lipinski definition) is 6. The average molecular weight is 572 g/mol. The largest absolute Gasteiger partial charge is 0.497 e. The molecule has 0 unspecified atom stereocenters. The molecule has 4 aromatic rings. The van der Waals surface area contributed by atoms with Gasteiger partial charge in [-0.05, 0) is 56.2 Å². The van der Waals surface area contributed by atoms with Crippen molar-refractivity contribution in [1.29, 1.82) is 0 Å². The van der Waals surface area contributed by atoms with E-state index < -0.39 is 17.0 Å². The molecule has 0 fully saturated rings. The molecule has 3 aromatic carbocycles. The van der Waals surface area contributed by atoms with Gasteiger partial charge in [0.25, 0.3) is 5.91 Å². The minimum atomic E-state index is -0.791. The summed E-state index contributed by atoms with van der Waals surface area (Å²) in [6, 6.07) is 16.4. The highest BCUT2D eigenvalue weighted by atomic mass is 19.1. The summed E-state index contributed by atoms with van der Waals surface area (Å²) in [4.78, 5) is 36.5. The van der Waals surface area contributed by atoms with Crippen LogP contribution in [0.5, 0.6) is 11.5 Å². The number of ether oxygens (including phenoxy) is 2. The Hall–Kier alpha value is -4.66. The first-order chi connectivity index (χ1) is 20.0. The van der Waals surface area contributed by atoms with Crippen molar-refractivity contribution in [2.24, 2.45) is 0 Å². The first-order valence-electron chi connectivity index (χ1n) is 13.5. The molecule has 2 heterocycles. The summed E-state index contributed by atoms with van der Waals surface area (Å²) in [6.45, 7) is 5.64. The number of amides is 1. The number of methoxy groups -OCH3 is 2. The Morgan fingerprint density at radius 1 is 0.952 bits per heavy atom. The van der Waals surface area contributed by atoms with E-state index >= 15 is 0 Å². The number of aromatic nitrogens is 2. The molecule has 5 rings (SSSR count). The van der Waals surface area contributed by atoms with E-state index in [0.717, 1.165) is 28.8 Å². The standard InChI is InChI=1S/C33H31F2N3O4/c1-19(39)33(2,3)22-12-9-20(10-13-22)15-26-30-27(37-31(36-26)29-24(34)7-6-8-25(29)35)18-38(32(30)40)17-21-11-14-23(41-4)16-28(21)42-5/h6-14,16H,15,17-18H2,1-5H3. The SMILES string of the molecule is COc1ccc(CN2Cc3nc(-c4c(F)cccc4F)nc(Cc4ccc(C(C)(C)C(C)=O)cc4)c3C2=O)c(OC)c1. The van der Waals surface area contributed by atoms with Crippen LogP contribution in [-0.2, 0) is 29.7 Å². The lowest BCUT2D eigenvalue weighted by molar-refractivity contribution is -0.121. The van der Waals surface area contributed by atoms with Crippen molar-refractivity contribution < 1.29 is 27.8 Å². The van der Waals surface area contributed by atoms with Crippen LogP contribution in [0.3, 0.4) is 0 Å². The van der Waals surface area contributed by atoms with Crippen molar-refractivity contribution in [2.45, 2.75) is 45.7 Å². The van der Waals surface area contributed by atoms with Crippen molar-refractivity contribution >= 4 is 11.7 Å². The number of carbonyl (C=O) groups is 2. The summed E-state index contributed by atoms with van der Waals surface area (Å²) in [5, 5.41) is 0. The zero-order valence-corrected chi connectivity index (χ0v) is 24.1. The summed E-state index contributed by atoms with van der Waals surface area (Å²) < 4.78 is 40.4. The fourth-order valence-electron chi connectivity index (χ4n) is 5.03. The van der Waals surface area contributed by atoms with Crippen LogP contribution in [0.1, 0.15) is 59.2 Å². The fourth-order valence-corrected chi connectivity index (χ4v) is 5.03. The van der Waals surface area contributed by atoms with Crippen molar-refractivity contribution in [3.63, 3.8) is 0 Å². The van der Waals surface area contributed by atoms with E-state index in [9.17, 15) is 18.4 Å². The average Bonchev–Trinajstić information content (AvgIpc) is 3.28. The number of benzene rings is 3. The lowest BCUT2D eigenvalue weighted by atomic mass is 9.81. The quantitative estimate of drug-likeness (QED) is 0.243. The highest BCUT2D eigenvalue weighted by molar-refractivity contribution is 5.99. The number of halogens is 2. The Kier molecular flexibility index (Phi) is 7.77. The predicted molar refractivity (Wildman–Crippen MR) is 153 cm³/mol. The number of fused-ring (bicyclic) bond motifs is 1. The summed E-state index contributed by atoms with van der Waals surface area (Å²) in [5.41, 5.74) is 2.52. The number of nitrogens with zero attached hydrogens (tertiary/aromatic N) is 3. The van der Waals surface area contributed by atoms with Crippen LogP contribution in [0.15, 0.2) is 60.7 Å². The molecule has 0 bridgehead atoms. The molecule has 216 valence electrons. The molecular formula is C33H31F2N3O4. The molecule has 0 spiro atoms. The number of rotatable bonds is 9. The minimum absolute atomic E-state index is 0.0413. The first-order valence-corrected chi connectivity index (χ1v) is 13.5. The van der Waals surface area contributed by atoms with Gasteiger partial charge in [-0.1, -0.05) is 30.3 Å². The molecular weight excluding hydrogens is 540 g/mol. The second-order valence-corrected chi connectivity index (χ2v) is 10.8. The zero-order chi connectivity index (χ0) is 30.2. The van der Waals surface area contributed by atoms with Gasteiger partial charge in [-0.2, -0.15) is 0 Å². The second-order valence-electron chi connectivity index (χ2n) is 10.8. The van der Waals surface area contributed by atoms with Crippen LogP contribution in [0.4, 0.5) is 8.78 Å². The van der Waals surface area contributed by atoms with Crippen molar-refractivity contribution in [3.8, 4) is 22.9 Å². The van der Waals surface area contributed by atoms with Gasteiger partial charge < -0.3 is 14.4 Å². The predicted octanol–water partition coefficient (Wildman–Crippen LogP) is 6.05. The molecule has 0 saturated heterocycles. The summed E-state index contributed by atoms with van der Waals surface area (Å²) in [7, 11) is 3.10. The number of Topliss-reactive ketones (excluding diaryl/α,β-unsaturated/α-hetero) is 1. The van der Waals surface area contributed by atoms with E-state index in [1.807, 2.05) is 44.2 Å². The van der Waals surface area contributed by atoms with Gasteiger partial charge in [0.15, 0.2) is 5.82 Å². The van der Waals surface area contributed by atoms with Crippen LogP contribution in [0.25, 0.3) is 11.4 Å². The maximum absolute atomic E-state index is 14.8. The maximum atomic E-state index is 14.8. The third kappa shape index (κ3) is 5.34. The summed E-state index contributed by atoms with van der Waals surface area (Å²) in [5.74, 6) is -0.763. The van der Waals surface area contributed by atoms with E-state index in [1.54, 1.807) is 38.2 Å². The van der Waals surface area contributed by atoms with E-state index in [0.29, 0.717) is 28.5 Å². The van der Waals surface area contributed by atoms with Crippen molar-refractivity contribution in [2.75, 3.05) is 14.2 Å². The second kappa shape index (κ2) is 11.3. The molecule has 42 heavy (non-hydrogen) atoms. The molecule has 0 aliphatic carbocycles. The number of ketones is 1. The Balaban J connectivity index is 1.55. The first kappa shape index (κ1) is 28.9. The van der Waals surface area contributed by atoms with Gasteiger partial charge in [0.05, 0.1) is 49.8 Å². The van der Waals surface area contributed by atoms with Gasteiger partial charge in [0.2, 0.25) is 0 Å². The highest BCUT2D eigenvalue weighted by Crippen LogP contribution is 2.33. The molecule has 0 saturated carbocycles. The van der Waals surface area contributed by atoms with Gasteiger partial charge in [0, 0.05) is 23.5 Å². The van der Waals surface area contributed by atoms with Gasteiger partial charge in [-0.15, -0.1) is 0 Å². The summed E-state index contributed by atoms with van der Waals surface area (Å²) in [6.07, 6.45) is 0.222. The third-order valence-electron chi connectivity index (χ3n) is 7.87. The van der Waals surface area contributed by atoms with Crippen LogP contribution < -0.4 is 9.47 Å². The third-order valence-corrected chi connectivity index (χ3v) is 7.87. The molecule has 1 aliphatic heterocycles. The number of carbonyl (C=O) groups excluding carboxylic acids is 2. The Labute approximate surface area is 243 Å². The molecule has 1 aliphatic rings. The van der Waals surface area contributed by atoms with E-state index in [2.05, 4.69) is 9.97 Å². The Bertz CT molecular complexity index is 1670. The summed E-state index contributed by atoms with van der Waals surface area (Å²) >= 11 is 0. The van der Waals surface area contributed by atoms with Gasteiger partial charge >= 0.3 is 0 Å². The zero-order valence-electron chi connectivity index (χ0n) is 24.1.